The third-order valence-electron chi connectivity index (χ3n) is 3.38. The average molecular weight is 243 g/mol. The van der Waals surface area contributed by atoms with Crippen molar-refractivity contribution in [3.05, 3.63) is 0 Å². The first-order valence-corrected chi connectivity index (χ1v) is 7.38. The number of thioether (sulfide) groups is 1. The van der Waals surface area contributed by atoms with Crippen molar-refractivity contribution >= 4 is 17.7 Å². The van der Waals surface area contributed by atoms with Crippen LogP contribution in [-0.4, -0.2) is 36.2 Å². The molecule has 2 heterocycles. The number of amides is 1. The van der Waals surface area contributed by atoms with E-state index in [-0.39, 0.29) is 11.9 Å². The van der Waals surface area contributed by atoms with Gasteiger partial charge in [0.15, 0.2) is 0 Å². The predicted molar refractivity (Wildman–Crippen MR) is 66.6 cm³/mol. The van der Waals surface area contributed by atoms with Crippen LogP contribution in [0.15, 0.2) is 0 Å². The Bertz CT molecular complexity index is 232. The van der Waals surface area contributed by atoms with Gasteiger partial charge in [-0.05, 0) is 43.6 Å². The molecule has 0 saturated carbocycles. The van der Waals surface area contributed by atoms with E-state index >= 15 is 0 Å². The molecule has 0 aromatic carbocycles. The van der Waals surface area contributed by atoms with Crippen LogP contribution in [0.1, 0.15) is 32.6 Å². The van der Waals surface area contributed by atoms with Gasteiger partial charge >= 0.3 is 0 Å². The first-order chi connectivity index (χ1) is 7.74. The number of carbonyl (C=O) groups is 1. The van der Waals surface area contributed by atoms with Gasteiger partial charge in [-0.3, -0.25) is 4.79 Å². The molecule has 16 heavy (non-hydrogen) atoms. The average Bonchev–Trinajstić information content (AvgIpc) is 2.65. The van der Waals surface area contributed by atoms with Crippen LogP contribution < -0.4 is 5.32 Å². The van der Waals surface area contributed by atoms with Crippen molar-refractivity contribution in [1.29, 1.82) is 0 Å². The Labute approximate surface area is 102 Å². The zero-order chi connectivity index (χ0) is 11.4. The first kappa shape index (κ1) is 12.2. The predicted octanol–water partition coefficient (Wildman–Crippen LogP) is 1.81. The number of rotatable bonds is 3. The smallest absolute Gasteiger partial charge is 0.220 e. The standard InChI is InChI=1S/C12H21NO2S/c1-9-6-11(8-15-9)13-12(14)7-10-2-4-16-5-3-10/h9-11H,2-8H2,1H3,(H,13,14). The van der Waals surface area contributed by atoms with Crippen molar-refractivity contribution in [2.24, 2.45) is 5.92 Å². The van der Waals surface area contributed by atoms with E-state index in [1.807, 2.05) is 11.8 Å². The van der Waals surface area contributed by atoms with Crippen LogP contribution in [0.4, 0.5) is 0 Å². The monoisotopic (exact) mass is 243 g/mol. The molecule has 2 saturated heterocycles. The molecular weight excluding hydrogens is 222 g/mol. The third-order valence-corrected chi connectivity index (χ3v) is 4.43. The molecule has 2 aliphatic rings. The summed E-state index contributed by atoms with van der Waals surface area (Å²) in [6, 6.07) is 0.250. The molecule has 3 nitrogen and oxygen atoms in total. The highest BCUT2D eigenvalue weighted by Crippen LogP contribution is 2.25. The summed E-state index contributed by atoms with van der Waals surface area (Å²) in [7, 11) is 0. The molecule has 0 aromatic heterocycles. The minimum Gasteiger partial charge on any atom is -0.376 e. The fourth-order valence-electron chi connectivity index (χ4n) is 2.42. The van der Waals surface area contributed by atoms with Gasteiger partial charge in [-0.1, -0.05) is 0 Å². The van der Waals surface area contributed by atoms with Gasteiger partial charge in [0.1, 0.15) is 0 Å². The summed E-state index contributed by atoms with van der Waals surface area (Å²) in [5, 5.41) is 3.09. The lowest BCUT2D eigenvalue weighted by Gasteiger charge is -2.21. The van der Waals surface area contributed by atoms with Gasteiger partial charge in [-0.2, -0.15) is 11.8 Å². The van der Waals surface area contributed by atoms with Crippen LogP contribution in [0.5, 0.6) is 0 Å². The second-order valence-corrected chi connectivity index (χ2v) is 6.13. The number of nitrogens with one attached hydrogen (secondary N) is 1. The lowest BCUT2D eigenvalue weighted by Crippen LogP contribution is -2.36. The fraction of sp³-hybridized carbons (Fsp3) is 0.917. The molecule has 0 radical (unpaired) electrons. The van der Waals surface area contributed by atoms with Gasteiger partial charge in [0.2, 0.25) is 5.91 Å². The van der Waals surface area contributed by atoms with Crippen molar-refractivity contribution in [3.8, 4) is 0 Å². The number of hydrogen-bond acceptors (Lipinski definition) is 3. The van der Waals surface area contributed by atoms with Crippen LogP contribution in [0.2, 0.25) is 0 Å². The summed E-state index contributed by atoms with van der Waals surface area (Å²) in [6.07, 6.45) is 4.39. The maximum atomic E-state index is 11.8. The third kappa shape index (κ3) is 3.67. The first-order valence-electron chi connectivity index (χ1n) is 6.22. The van der Waals surface area contributed by atoms with E-state index in [0.29, 0.717) is 25.0 Å². The summed E-state index contributed by atoms with van der Waals surface area (Å²) in [6.45, 7) is 2.75. The SMILES string of the molecule is CC1CC(NC(=O)CC2CCSCC2)CO1. The highest BCUT2D eigenvalue weighted by atomic mass is 32.2. The van der Waals surface area contributed by atoms with E-state index in [1.54, 1.807) is 0 Å². The van der Waals surface area contributed by atoms with Crippen LogP contribution in [0, 0.1) is 5.92 Å². The van der Waals surface area contributed by atoms with Crippen LogP contribution >= 0.6 is 11.8 Å². The molecule has 2 unspecified atom stereocenters. The quantitative estimate of drug-likeness (QED) is 0.821. The Balaban J connectivity index is 1.67. The molecule has 2 atom stereocenters. The van der Waals surface area contributed by atoms with Crippen molar-refractivity contribution in [2.45, 2.75) is 44.8 Å². The second kappa shape index (κ2) is 5.92. The van der Waals surface area contributed by atoms with Crippen LogP contribution in [0.25, 0.3) is 0 Å². The molecule has 92 valence electrons. The molecule has 4 heteroatoms. The molecule has 2 rings (SSSR count). The maximum absolute atomic E-state index is 11.8. The Morgan fingerprint density at radius 1 is 1.44 bits per heavy atom. The lowest BCUT2D eigenvalue weighted by atomic mass is 9.98. The normalized spacial score (nSPS) is 31.6. The van der Waals surface area contributed by atoms with Gasteiger partial charge < -0.3 is 10.1 Å². The summed E-state index contributed by atoms with van der Waals surface area (Å²) < 4.78 is 5.44. The van der Waals surface area contributed by atoms with E-state index < -0.39 is 0 Å². The van der Waals surface area contributed by atoms with Crippen molar-refractivity contribution in [2.75, 3.05) is 18.1 Å². The summed E-state index contributed by atoms with van der Waals surface area (Å²) >= 11 is 2.01. The molecule has 0 bridgehead atoms. The molecular formula is C12H21NO2S. The van der Waals surface area contributed by atoms with Gasteiger partial charge in [-0.25, -0.2) is 0 Å². The highest BCUT2D eigenvalue weighted by Gasteiger charge is 2.24. The van der Waals surface area contributed by atoms with Crippen molar-refractivity contribution in [1.82, 2.24) is 5.32 Å². The molecule has 1 N–H and O–H groups in total. The second-order valence-electron chi connectivity index (χ2n) is 4.90. The zero-order valence-corrected chi connectivity index (χ0v) is 10.7. The van der Waals surface area contributed by atoms with Gasteiger partial charge in [0, 0.05) is 6.42 Å². The zero-order valence-electron chi connectivity index (χ0n) is 9.91. The highest BCUT2D eigenvalue weighted by molar-refractivity contribution is 7.99. The molecule has 2 aliphatic heterocycles. The van der Waals surface area contributed by atoms with E-state index in [9.17, 15) is 4.79 Å². The molecule has 0 aliphatic carbocycles. The Kier molecular flexibility index (Phi) is 4.53. The van der Waals surface area contributed by atoms with Crippen molar-refractivity contribution in [3.63, 3.8) is 0 Å². The number of ether oxygens (including phenoxy) is 1. The minimum absolute atomic E-state index is 0.222. The maximum Gasteiger partial charge on any atom is 0.220 e. The summed E-state index contributed by atoms with van der Waals surface area (Å²) in [5.41, 5.74) is 0. The van der Waals surface area contributed by atoms with E-state index in [2.05, 4.69) is 12.2 Å². The minimum atomic E-state index is 0.222. The Morgan fingerprint density at radius 3 is 2.81 bits per heavy atom. The Hall–Kier alpha value is -0.220. The van der Waals surface area contributed by atoms with Crippen molar-refractivity contribution < 1.29 is 9.53 Å². The van der Waals surface area contributed by atoms with E-state index in [0.717, 1.165) is 6.42 Å². The number of hydrogen-bond donors (Lipinski definition) is 1. The van der Waals surface area contributed by atoms with Crippen LogP contribution in [-0.2, 0) is 9.53 Å². The van der Waals surface area contributed by atoms with Gasteiger partial charge in [0.05, 0.1) is 18.8 Å². The van der Waals surface area contributed by atoms with E-state index in [4.69, 9.17) is 4.74 Å². The molecule has 1 amide bonds. The largest absolute Gasteiger partial charge is 0.376 e. The van der Waals surface area contributed by atoms with Crippen LogP contribution in [0.3, 0.4) is 0 Å². The molecule has 0 spiro atoms. The van der Waals surface area contributed by atoms with Gasteiger partial charge in [0.25, 0.3) is 0 Å². The lowest BCUT2D eigenvalue weighted by molar-refractivity contribution is -0.122. The fourth-order valence-corrected chi connectivity index (χ4v) is 3.62. The Morgan fingerprint density at radius 2 is 2.19 bits per heavy atom. The topological polar surface area (TPSA) is 38.3 Å². The molecule has 2 fully saturated rings. The number of carbonyl (C=O) groups excluding carboxylic acids is 1. The summed E-state index contributed by atoms with van der Waals surface area (Å²) in [4.78, 5) is 11.8. The van der Waals surface area contributed by atoms with E-state index in [1.165, 1.54) is 24.3 Å². The molecule has 0 aromatic rings. The van der Waals surface area contributed by atoms with Gasteiger partial charge in [-0.15, -0.1) is 0 Å². The summed E-state index contributed by atoms with van der Waals surface area (Å²) in [5.74, 6) is 3.28.